The molecule has 7 heteroatoms. The molecule has 2 heterocycles. The van der Waals surface area contributed by atoms with Crippen LogP contribution < -0.4 is 5.73 Å². The fourth-order valence-electron chi connectivity index (χ4n) is 3.24. The molecule has 136 valence electrons. The predicted octanol–water partition coefficient (Wildman–Crippen LogP) is 1.64. The van der Waals surface area contributed by atoms with Gasteiger partial charge < -0.3 is 20.0 Å². The van der Waals surface area contributed by atoms with E-state index in [-0.39, 0.29) is 17.6 Å². The van der Waals surface area contributed by atoms with Gasteiger partial charge in [-0.3, -0.25) is 14.4 Å². The van der Waals surface area contributed by atoms with Gasteiger partial charge in [-0.2, -0.15) is 0 Å². The van der Waals surface area contributed by atoms with Crippen molar-refractivity contribution in [1.82, 2.24) is 9.80 Å². The number of nitrogens with two attached hydrogens (primary N) is 1. The van der Waals surface area contributed by atoms with E-state index in [0.717, 1.165) is 12.0 Å². The lowest BCUT2D eigenvalue weighted by atomic mass is 10.1. The Bertz CT molecular complexity index is 816. The molecule has 7 nitrogen and oxygen atoms in total. The molecule has 2 aromatic rings. The van der Waals surface area contributed by atoms with E-state index in [2.05, 4.69) is 0 Å². The monoisotopic (exact) mass is 355 g/mol. The largest absolute Gasteiger partial charge is 0.459 e. The van der Waals surface area contributed by atoms with E-state index in [0.29, 0.717) is 25.1 Å². The third-order valence-electron chi connectivity index (χ3n) is 4.54. The van der Waals surface area contributed by atoms with Crippen molar-refractivity contribution in [3.63, 3.8) is 0 Å². The summed E-state index contributed by atoms with van der Waals surface area (Å²) < 4.78 is 5.17. The first-order valence-electron chi connectivity index (χ1n) is 8.45. The van der Waals surface area contributed by atoms with Crippen molar-refractivity contribution in [3.05, 3.63) is 59.5 Å². The summed E-state index contributed by atoms with van der Waals surface area (Å²) in [4.78, 5) is 39.8. The third kappa shape index (κ3) is 3.61. The predicted molar refractivity (Wildman–Crippen MR) is 94.2 cm³/mol. The average molecular weight is 355 g/mol. The van der Waals surface area contributed by atoms with Crippen molar-refractivity contribution in [2.24, 2.45) is 5.73 Å². The number of likely N-dealkylation sites (tertiary alicyclic amines) is 1. The molecule has 0 aliphatic carbocycles. The number of primary amides is 1. The SMILES string of the molecule is CN(Cc1cccc(C(N)=O)c1)C(=O)[C@@H]1CCCN1C(=O)c1ccco1. The standard InChI is InChI=1S/C19H21N3O4/c1-21(12-13-5-2-6-14(11-13)17(20)23)18(24)15-7-3-9-22(15)19(25)16-8-4-10-26-16/h2,4-6,8,10-11,15H,3,7,9,12H2,1H3,(H2,20,23)/t15-/m0/s1. The number of nitrogens with zero attached hydrogens (tertiary/aromatic N) is 2. The summed E-state index contributed by atoms with van der Waals surface area (Å²) in [5.74, 6) is -0.671. The first-order chi connectivity index (χ1) is 12.5. The number of hydrogen-bond donors (Lipinski definition) is 1. The Balaban J connectivity index is 1.70. The summed E-state index contributed by atoms with van der Waals surface area (Å²) in [5, 5.41) is 0. The van der Waals surface area contributed by atoms with Crippen LogP contribution in [0.4, 0.5) is 0 Å². The second kappa shape index (κ2) is 7.43. The summed E-state index contributed by atoms with van der Waals surface area (Å²) in [6, 6.07) is 9.62. The van der Waals surface area contributed by atoms with Crippen LogP contribution in [0.2, 0.25) is 0 Å². The molecule has 1 aliphatic heterocycles. The Hall–Kier alpha value is -3.09. The molecule has 1 fully saturated rings. The minimum Gasteiger partial charge on any atom is -0.459 e. The summed E-state index contributed by atoms with van der Waals surface area (Å²) in [6.45, 7) is 0.861. The van der Waals surface area contributed by atoms with Crippen LogP contribution in [-0.2, 0) is 11.3 Å². The second-order valence-electron chi connectivity index (χ2n) is 6.39. The van der Waals surface area contributed by atoms with Crippen LogP contribution in [0.1, 0.15) is 39.3 Å². The van der Waals surface area contributed by atoms with E-state index in [9.17, 15) is 14.4 Å². The van der Waals surface area contributed by atoms with Gasteiger partial charge in [0.1, 0.15) is 6.04 Å². The molecule has 1 saturated heterocycles. The van der Waals surface area contributed by atoms with E-state index < -0.39 is 11.9 Å². The summed E-state index contributed by atoms with van der Waals surface area (Å²) in [5.41, 5.74) is 6.50. The quantitative estimate of drug-likeness (QED) is 0.882. The highest BCUT2D eigenvalue weighted by atomic mass is 16.3. The molecule has 0 unspecified atom stereocenters. The zero-order valence-corrected chi connectivity index (χ0v) is 14.6. The highest BCUT2D eigenvalue weighted by molar-refractivity contribution is 5.96. The van der Waals surface area contributed by atoms with Gasteiger partial charge in [-0.05, 0) is 42.7 Å². The molecular formula is C19H21N3O4. The van der Waals surface area contributed by atoms with Gasteiger partial charge in [0.15, 0.2) is 5.76 Å². The summed E-state index contributed by atoms with van der Waals surface area (Å²) in [7, 11) is 1.69. The molecule has 0 saturated carbocycles. The van der Waals surface area contributed by atoms with Crippen LogP contribution in [0.3, 0.4) is 0 Å². The smallest absolute Gasteiger partial charge is 0.290 e. The fourth-order valence-corrected chi connectivity index (χ4v) is 3.24. The van der Waals surface area contributed by atoms with Crippen LogP contribution in [0.15, 0.2) is 47.1 Å². The van der Waals surface area contributed by atoms with E-state index >= 15 is 0 Å². The minimum absolute atomic E-state index is 0.133. The van der Waals surface area contributed by atoms with Gasteiger partial charge in [0.25, 0.3) is 5.91 Å². The number of carbonyl (C=O) groups is 3. The normalized spacial score (nSPS) is 16.5. The van der Waals surface area contributed by atoms with E-state index in [1.807, 2.05) is 6.07 Å². The third-order valence-corrected chi connectivity index (χ3v) is 4.54. The molecular weight excluding hydrogens is 334 g/mol. The fraction of sp³-hybridized carbons (Fsp3) is 0.316. The van der Waals surface area contributed by atoms with Gasteiger partial charge in [-0.1, -0.05) is 12.1 Å². The zero-order valence-electron chi connectivity index (χ0n) is 14.6. The number of amides is 3. The maximum Gasteiger partial charge on any atom is 0.290 e. The van der Waals surface area contributed by atoms with Gasteiger partial charge in [0, 0.05) is 25.7 Å². The van der Waals surface area contributed by atoms with Crippen LogP contribution in [0.25, 0.3) is 0 Å². The Labute approximate surface area is 151 Å². The molecule has 0 bridgehead atoms. The number of carbonyl (C=O) groups excluding carboxylic acids is 3. The van der Waals surface area contributed by atoms with Crippen molar-refractivity contribution in [2.75, 3.05) is 13.6 Å². The highest BCUT2D eigenvalue weighted by Crippen LogP contribution is 2.22. The van der Waals surface area contributed by atoms with Gasteiger partial charge in [-0.25, -0.2) is 0 Å². The van der Waals surface area contributed by atoms with Gasteiger partial charge in [0.2, 0.25) is 11.8 Å². The lowest BCUT2D eigenvalue weighted by Gasteiger charge is -2.27. The zero-order chi connectivity index (χ0) is 18.7. The molecule has 1 atom stereocenters. The minimum atomic E-state index is -0.508. The number of benzene rings is 1. The van der Waals surface area contributed by atoms with Crippen molar-refractivity contribution in [1.29, 1.82) is 0 Å². The Kier molecular flexibility index (Phi) is 5.06. The Morgan fingerprint density at radius 3 is 2.77 bits per heavy atom. The molecule has 1 aliphatic rings. The first-order valence-corrected chi connectivity index (χ1v) is 8.45. The number of rotatable bonds is 5. The number of likely N-dealkylation sites (N-methyl/N-ethyl adjacent to an activating group) is 1. The van der Waals surface area contributed by atoms with Crippen molar-refractivity contribution in [2.45, 2.75) is 25.4 Å². The van der Waals surface area contributed by atoms with Crippen molar-refractivity contribution >= 4 is 17.7 Å². The molecule has 3 amide bonds. The number of hydrogen-bond acceptors (Lipinski definition) is 4. The molecule has 26 heavy (non-hydrogen) atoms. The second-order valence-corrected chi connectivity index (χ2v) is 6.39. The lowest BCUT2D eigenvalue weighted by molar-refractivity contribution is -0.134. The van der Waals surface area contributed by atoms with Crippen LogP contribution in [0, 0.1) is 0 Å². The van der Waals surface area contributed by atoms with Crippen LogP contribution in [0.5, 0.6) is 0 Å². The maximum absolute atomic E-state index is 12.9. The van der Waals surface area contributed by atoms with Crippen molar-refractivity contribution in [3.8, 4) is 0 Å². The van der Waals surface area contributed by atoms with E-state index in [4.69, 9.17) is 10.2 Å². The van der Waals surface area contributed by atoms with E-state index in [1.165, 1.54) is 6.26 Å². The molecule has 3 rings (SSSR count). The molecule has 1 aromatic carbocycles. The average Bonchev–Trinajstić information content (AvgIpc) is 3.32. The molecule has 1 aromatic heterocycles. The van der Waals surface area contributed by atoms with Gasteiger partial charge >= 0.3 is 0 Å². The van der Waals surface area contributed by atoms with Gasteiger partial charge in [0.05, 0.1) is 6.26 Å². The summed E-state index contributed by atoms with van der Waals surface area (Å²) in [6.07, 6.45) is 2.84. The van der Waals surface area contributed by atoms with Crippen LogP contribution >= 0.6 is 0 Å². The topological polar surface area (TPSA) is 96.9 Å². The highest BCUT2D eigenvalue weighted by Gasteiger charge is 2.36. The van der Waals surface area contributed by atoms with E-state index in [1.54, 1.807) is 47.2 Å². The maximum atomic E-state index is 12.9. The number of furan rings is 1. The molecule has 2 N–H and O–H groups in total. The molecule has 0 spiro atoms. The lowest BCUT2D eigenvalue weighted by Crippen LogP contribution is -2.46. The summed E-state index contributed by atoms with van der Waals surface area (Å²) >= 11 is 0. The van der Waals surface area contributed by atoms with Gasteiger partial charge in [-0.15, -0.1) is 0 Å². The van der Waals surface area contributed by atoms with Crippen LogP contribution in [-0.4, -0.2) is 47.2 Å². The Morgan fingerprint density at radius 1 is 1.27 bits per heavy atom. The first kappa shape index (κ1) is 17.7. The Morgan fingerprint density at radius 2 is 2.08 bits per heavy atom. The molecule has 0 radical (unpaired) electrons. The van der Waals surface area contributed by atoms with Crippen molar-refractivity contribution < 1.29 is 18.8 Å².